The lowest BCUT2D eigenvalue weighted by molar-refractivity contribution is -0.297. The zero-order valence-corrected chi connectivity index (χ0v) is 34.9. The second kappa shape index (κ2) is 33.1. The van der Waals surface area contributed by atoms with Crippen LogP contribution in [0.25, 0.3) is 0 Å². The highest BCUT2D eigenvalue weighted by molar-refractivity contribution is 7.85. The summed E-state index contributed by atoms with van der Waals surface area (Å²) in [4.78, 5) is 25.3. The molecule has 55 heavy (non-hydrogen) atoms. The monoisotopic (exact) mass is 805 g/mol. The number of allylic oxidation sites excluding steroid dienone is 4. The van der Waals surface area contributed by atoms with E-state index in [1.54, 1.807) is 0 Å². The highest BCUT2D eigenvalue weighted by Gasteiger charge is 2.46. The van der Waals surface area contributed by atoms with Crippen molar-refractivity contribution < 1.29 is 56.8 Å². The summed E-state index contributed by atoms with van der Waals surface area (Å²) in [6, 6.07) is 0. The second-order valence-electron chi connectivity index (χ2n) is 15.0. The van der Waals surface area contributed by atoms with Gasteiger partial charge in [-0.05, 0) is 44.9 Å². The normalized spacial score (nSPS) is 21.0. The van der Waals surface area contributed by atoms with Gasteiger partial charge >= 0.3 is 11.9 Å². The minimum atomic E-state index is -4.60. The predicted octanol–water partition coefficient (Wildman–Crippen LogP) is 8.06. The molecule has 1 aliphatic heterocycles. The molecule has 0 saturated carbocycles. The molecule has 0 bridgehead atoms. The Morgan fingerprint density at radius 3 is 1.64 bits per heavy atom. The molecule has 2 unspecified atom stereocenters. The van der Waals surface area contributed by atoms with Crippen LogP contribution in [0.2, 0.25) is 0 Å². The molecule has 0 aromatic carbocycles. The number of aliphatic hydroxyl groups excluding tert-OH is 3. The van der Waals surface area contributed by atoms with Crippen LogP contribution in [0.1, 0.15) is 174 Å². The van der Waals surface area contributed by atoms with Crippen LogP contribution >= 0.6 is 0 Å². The second-order valence-corrected chi connectivity index (χ2v) is 16.5. The minimum absolute atomic E-state index is 0.158. The van der Waals surface area contributed by atoms with E-state index in [1.165, 1.54) is 77.0 Å². The lowest BCUT2D eigenvalue weighted by Crippen LogP contribution is -2.60. The number of ether oxygens (including phenoxy) is 4. The molecule has 0 radical (unpaired) electrons. The Morgan fingerprint density at radius 2 is 1.09 bits per heavy atom. The van der Waals surface area contributed by atoms with E-state index in [1.807, 2.05) is 0 Å². The van der Waals surface area contributed by atoms with Crippen molar-refractivity contribution in [2.45, 2.75) is 211 Å². The van der Waals surface area contributed by atoms with Crippen molar-refractivity contribution in [1.29, 1.82) is 0 Å². The molecule has 0 aromatic rings. The van der Waals surface area contributed by atoms with Gasteiger partial charge in [0, 0.05) is 12.8 Å². The van der Waals surface area contributed by atoms with Crippen molar-refractivity contribution in [1.82, 2.24) is 0 Å². The molecule has 12 nitrogen and oxygen atoms in total. The number of rotatable bonds is 35. The number of hydrogen-bond donors (Lipinski definition) is 4. The number of carbonyl (C=O) groups excluding carboxylic acids is 2. The van der Waals surface area contributed by atoms with Gasteiger partial charge in [0.1, 0.15) is 36.8 Å². The molecular formula is C42H76O12S. The van der Waals surface area contributed by atoms with E-state index in [2.05, 4.69) is 38.2 Å². The zero-order chi connectivity index (χ0) is 40.6. The quantitative estimate of drug-likeness (QED) is 0.0209. The van der Waals surface area contributed by atoms with Crippen molar-refractivity contribution >= 4 is 22.1 Å². The van der Waals surface area contributed by atoms with Gasteiger partial charge in [0.25, 0.3) is 10.1 Å². The Labute approximate surface area is 332 Å². The van der Waals surface area contributed by atoms with Gasteiger partial charge < -0.3 is 34.3 Å². The summed E-state index contributed by atoms with van der Waals surface area (Å²) in [6.45, 7) is 3.70. The molecule has 1 heterocycles. The van der Waals surface area contributed by atoms with Crippen LogP contribution in [0, 0.1) is 0 Å². The SMILES string of the molecule is CCCCC/C=C/C/C=C/CCCCCCCCCC(=O)O[C@H](COC(=O)CCCCCCCCCCCC)CO[C@H]1O[C@H](CS(=O)(=O)O)[C@@H](O)C(O)C1O. The Morgan fingerprint density at radius 1 is 0.618 bits per heavy atom. The first-order chi connectivity index (χ1) is 26.5. The molecule has 1 fully saturated rings. The third-order valence-electron chi connectivity index (χ3n) is 9.78. The first-order valence-electron chi connectivity index (χ1n) is 21.4. The van der Waals surface area contributed by atoms with Crippen molar-refractivity contribution in [3.63, 3.8) is 0 Å². The van der Waals surface area contributed by atoms with Gasteiger partial charge in [-0.3, -0.25) is 14.1 Å². The highest BCUT2D eigenvalue weighted by atomic mass is 32.2. The van der Waals surface area contributed by atoms with E-state index in [4.69, 9.17) is 18.9 Å². The smallest absolute Gasteiger partial charge is 0.306 e. The maximum absolute atomic E-state index is 12.8. The summed E-state index contributed by atoms with van der Waals surface area (Å²) < 4.78 is 53.9. The summed E-state index contributed by atoms with van der Waals surface area (Å²) in [7, 11) is -4.60. The molecule has 1 rings (SSSR count). The van der Waals surface area contributed by atoms with E-state index in [-0.39, 0.29) is 19.4 Å². The first-order valence-corrected chi connectivity index (χ1v) is 23.0. The molecule has 0 spiro atoms. The molecule has 1 saturated heterocycles. The maximum atomic E-state index is 12.8. The van der Waals surface area contributed by atoms with Crippen LogP contribution in [0.3, 0.4) is 0 Å². The average Bonchev–Trinajstić information content (AvgIpc) is 3.14. The lowest BCUT2D eigenvalue weighted by Gasteiger charge is -2.40. The van der Waals surface area contributed by atoms with Gasteiger partial charge in [-0.15, -0.1) is 0 Å². The molecular weight excluding hydrogens is 729 g/mol. The average molecular weight is 805 g/mol. The molecule has 322 valence electrons. The fourth-order valence-corrected chi connectivity index (χ4v) is 7.10. The van der Waals surface area contributed by atoms with Crippen LogP contribution in [-0.4, -0.2) is 96.0 Å². The molecule has 1 aliphatic rings. The van der Waals surface area contributed by atoms with Gasteiger partial charge in [-0.1, -0.05) is 141 Å². The summed E-state index contributed by atoms with van der Waals surface area (Å²) in [5, 5.41) is 30.8. The number of esters is 2. The number of unbranched alkanes of at least 4 members (excludes halogenated alkanes) is 19. The highest BCUT2D eigenvalue weighted by Crippen LogP contribution is 2.24. The number of aliphatic hydroxyl groups is 3. The molecule has 0 aliphatic carbocycles. The van der Waals surface area contributed by atoms with E-state index >= 15 is 0 Å². The fourth-order valence-electron chi connectivity index (χ4n) is 6.41. The van der Waals surface area contributed by atoms with Gasteiger partial charge in [0.15, 0.2) is 12.4 Å². The largest absolute Gasteiger partial charge is 0.462 e. The lowest BCUT2D eigenvalue weighted by atomic mass is 10.00. The Hall–Kier alpha value is -1.87. The van der Waals surface area contributed by atoms with Crippen molar-refractivity contribution in [3.8, 4) is 0 Å². The predicted molar refractivity (Wildman–Crippen MR) is 215 cm³/mol. The van der Waals surface area contributed by atoms with E-state index < -0.39 is 71.2 Å². The zero-order valence-electron chi connectivity index (χ0n) is 34.0. The molecule has 13 heteroatoms. The molecule has 4 N–H and O–H groups in total. The topological polar surface area (TPSA) is 186 Å². The summed E-state index contributed by atoms with van der Waals surface area (Å²) in [5.41, 5.74) is 0. The summed E-state index contributed by atoms with van der Waals surface area (Å²) in [6.07, 6.45) is 25.2. The van der Waals surface area contributed by atoms with Gasteiger partial charge in [0.2, 0.25) is 0 Å². The van der Waals surface area contributed by atoms with E-state index in [0.29, 0.717) is 12.8 Å². The van der Waals surface area contributed by atoms with Crippen molar-refractivity contribution in [3.05, 3.63) is 24.3 Å². The van der Waals surface area contributed by atoms with E-state index in [9.17, 15) is 37.9 Å². The minimum Gasteiger partial charge on any atom is -0.462 e. The van der Waals surface area contributed by atoms with Crippen molar-refractivity contribution in [2.24, 2.45) is 0 Å². The van der Waals surface area contributed by atoms with E-state index in [0.717, 1.165) is 57.8 Å². The fraction of sp³-hybridized carbons (Fsp3) is 0.857. The van der Waals surface area contributed by atoms with Gasteiger partial charge in [0.05, 0.1) is 6.61 Å². The Kier molecular flexibility index (Phi) is 30.8. The van der Waals surface area contributed by atoms with Gasteiger partial charge in [-0.2, -0.15) is 8.42 Å². The Balaban J connectivity index is 2.46. The number of hydrogen-bond acceptors (Lipinski definition) is 11. The van der Waals surface area contributed by atoms with Crippen molar-refractivity contribution in [2.75, 3.05) is 19.0 Å². The summed E-state index contributed by atoms with van der Waals surface area (Å²) >= 11 is 0. The molecule has 0 aromatic heterocycles. The first kappa shape index (κ1) is 51.1. The van der Waals surface area contributed by atoms with Crippen LogP contribution in [0.15, 0.2) is 24.3 Å². The number of carbonyl (C=O) groups is 2. The van der Waals surface area contributed by atoms with Crippen LogP contribution in [-0.2, 0) is 38.7 Å². The standard InChI is InChI=1S/C42H76O12S/c1-3-5-7-9-11-13-15-16-17-18-19-20-21-23-25-27-29-31-38(44)53-35(32-51-37(43)30-28-26-24-22-14-12-10-8-6-4-2)33-52-42-41(47)40(46)39(45)36(54-42)34-55(48,49)50/h11,13,16-17,35-36,39-42,45-47H,3-10,12,14-15,18-34H2,1-2H3,(H,48,49,50)/b13-11+,17-16+/t35-,36-,39-,40?,41?,42+/m1/s1. The third-order valence-corrected chi connectivity index (χ3v) is 10.5. The maximum Gasteiger partial charge on any atom is 0.306 e. The van der Waals surface area contributed by atoms with Crippen LogP contribution in [0.4, 0.5) is 0 Å². The van der Waals surface area contributed by atoms with Crippen LogP contribution < -0.4 is 0 Å². The summed E-state index contributed by atoms with van der Waals surface area (Å²) in [5.74, 6) is -1.99. The third kappa shape index (κ3) is 28.2. The van der Waals surface area contributed by atoms with Gasteiger partial charge in [-0.25, -0.2) is 0 Å². The molecule has 0 amide bonds. The molecule has 6 atom stereocenters. The van der Waals surface area contributed by atoms with Crippen LogP contribution in [0.5, 0.6) is 0 Å². The Bertz CT molecular complexity index is 1130.